The van der Waals surface area contributed by atoms with E-state index in [1.54, 1.807) is 5.31 Å². The third kappa shape index (κ3) is 3.13. The van der Waals surface area contributed by atoms with Gasteiger partial charge in [0.2, 0.25) is 0 Å². The van der Waals surface area contributed by atoms with Gasteiger partial charge in [0.25, 0.3) is 0 Å². The van der Waals surface area contributed by atoms with Crippen molar-refractivity contribution in [3.05, 3.63) is 72.1 Å². The molecule has 0 aromatic heterocycles. The van der Waals surface area contributed by atoms with Crippen LogP contribution in [0.3, 0.4) is 0 Å². The monoisotopic (exact) mass is 431 g/mol. The highest BCUT2D eigenvalue weighted by Crippen LogP contribution is 2.72. The lowest BCUT2D eigenvalue weighted by Gasteiger charge is -2.42. The molecule has 0 saturated heterocycles. The van der Waals surface area contributed by atoms with E-state index < -0.39 is 7.92 Å². The van der Waals surface area contributed by atoms with Crippen LogP contribution in [0.15, 0.2) is 77.0 Å². The van der Waals surface area contributed by atoms with Gasteiger partial charge in [-0.05, 0) is 53.4 Å². The highest BCUT2D eigenvalue weighted by molar-refractivity contribution is 7.76. The Morgan fingerprint density at radius 1 is 0.935 bits per heavy atom. The Kier molecular flexibility index (Phi) is 4.94. The first-order chi connectivity index (χ1) is 14.7. The van der Waals surface area contributed by atoms with E-state index in [4.69, 9.17) is 9.73 Å². The molecule has 2 nitrogen and oxygen atoms in total. The Morgan fingerprint density at radius 3 is 2.00 bits per heavy atom. The van der Waals surface area contributed by atoms with Crippen LogP contribution in [0.1, 0.15) is 47.5 Å². The SMILES string of the molecule is CC(C)(C)[C@H]1COC([C@@]23CC[C@H](C=C2P(c2ccccc2)c2ccccc2)C3(C)C)=N1. The Bertz CT molecular complexity index is 978. The fourth-order valence-corrected chi connectivity index (χ4v) is 8.85. The predicted molar refractivity (Wildman–Crippen MR) is 133 cm³/mol. The summed E-state index contributed by atoms with van der Waals surface area (Å²) >= 11 is 0. The molecule has 0 amide bonds. The maximum Gasteiger partial charge on any atom is 0.195 e. The number of hydrogen-bond donors (Lipinski definition) is 0. The van der Waals surface area contributed by atoms with Gasteiger partial charge in [-0.3, -0.25) is 0 Å². The number of hydrogen-bond acceptors (Lipinski definition) is 2. The smallest absolute Gasteiger partial charge is 0.195 e. The van der Waals surface area contributed by atoms with Crippen LogP contribution in [0.5, 0.6) is 0 Å². The van der Waals surface area contributed by atoms with Crippen molar-refractivity contribution in [2.45, 2.75) is 53.5 Å². The second-order valence-corrected chi connectivity index (χ2v) is 13.1. The Hall–Kier alpha value is -1.92. The van der Waals surface area contributed by atoms with Crippen molar-refractivity contribution in [3.63, 3.8) is 0 Å². The van der Waals surface area contributed by atoms with Crippen LogP contribution in [-0.2, 0) is 4.74 Å². The van der Waals surface area contributed by atoms with Gasteiger partial charge in [-0.1, -0.05) is 101 Å². The third-order valence-corrected chi connectivity index (χ3v) is 10.6. The minimum atomic E-state index is -0.632. The van der Waals surface area contributed by atoms with Crippen LogP contribution in [0, 0.1) is 22.2 Å². The molecule has 0 spiro atoms. The van der Waals surface area contributed by atoms with Crippen LogP contribution in [0.25, 0.3) is 0 Å². The van der Waals surface area contributed by atoms with Crippen molar-refractivity contribution in [2.24, 2.45) is 27.2 Å². The molecule has 2 aliphatic carbocycles. The summed E-state index contributed by atoms with van der Waals surface area (Å²) in [6.45, 7) is 12.4. The lowest BCUT2D eigenvalue weighted by atomic mass is 9.68. The van der Waals surface area contributed by atoms with E-state index in [-0.39, 0.29) is 22.3 Å². The van der Waals surface area contributed by atoms with E-state index in [1.807, 2.05) is 0 Å². The maximum absolute atomic E-state index is 6.50. The van der Waals surface area contributed by atoms with E-state index in [9.17, 15) is 0 Å². The van der Waals surface area contributed by atoms with Crippen molar-refractivity contribution < 1.29 is 4.74 Å². The first-order valence-electron chi connectivity index (χ1n) is 11.6. The molecular formula is C28H34NOP. The first kappa shape index (κ1) is 21.0. The summed E-state index contributed by atoms with van der Waals surface area (Å²) in [5.41, 5.74) is 0.139. The van der Waals surface area contributed by atoms with Crippen molar-refractivity contribution >= 4 is 24.4 Å². The number of rotatable bonds is 4. The molecule has 5 rings (SSSR count). The average molecular weight is 432 g/mol. The molecule has 2 aromatic carbocycles. The van der Waals surface area contributed by atoms with Gasteiger partial charge in [-0.2, -0.15) is 0 Å². The molecule has 1 saturated carbocycles. The Balaban J connectivity index is 1.68. The fourth-order valence-electron chi connectivity index (χ4n) is 5.84. The standard InChI is InChI=1S/C28H34NOP/c1-26(2,3)23-19-30-25(29-23)28-17-16-20(27(28,4)5)18-24(28)31(21-12-8-6-9-13-21)22-14-10-7-11-15-22/h6-15,18,20,23H,16-17,19H2,1-5H3/t20-,23-,28-/m1/s1. The molecular weight excluding hydrogens is 397 g/mol. The van der Waals surface area contributed by atoms with Crippen LogP contribution in [-0.4, -0.2) is 18.5 Å². The number of allylic oxidation sites excluding steroid dienone is 1. The average Bonchev–Trinajstić information content (AvgIpc) is 3.40. The van der Waals surface area contributed by atoms with Gasteiger partial charge in [0.05, 0.1) is 11.5 Å². The van der Waals surface area contributed by atoms with Gasteiger partial charge >= 0.3 is 0 Å². The van der Waals surface area contributed by atoms with E-state index >= 15 is 0 Å². The highest BCUT2D eigenvalue weighted by atomic mass is 31.1. The molecule has 0 N–H and O–H groups in total. The predicted octanol–water partition coefficient (Wildman–Crippen LogP) is 6.28. The molecule has 1 heterocycles. The number of ether oxygens (including phenoxy) is 1. The summed E-state index contributed by atoms with van der Waals surface area (Å²) in [5.74, 6) is 1.60. The van der Waals surface area contributed by atoms with Gasteiger partial charge in [0.1, 0.15) is 6.61 Å². The van der Waals surface area contributed by atoms with Gasteiger partial charge in [-0.25, -0.2) is 4.99 Å². The normalized spacial score (nSPS) is 29.1. The van der Waals surface area contributed by atoms with Gasteiger partial charge in [0.15, 0.2) is 5.90 Å². The lowest BCUT2D eigenvalue weighted by Crippen LogP contribution is -2.42. The van der Waals surface area contributed by atoms with Crippen LogP contribution in [0.4, 0.5) is 0 Å². The molecule has 2 aromatic rings. The number of aliphatic imine (C=N–C) groups is 1. The third-order valence-electron chi connectivity index (χ3n) is 7.94. The second kappa shape index (κ2) is 7.31. The zero-order valence-corrected chi connectivity index (χ0v) is 20.3. The fraction of sp³-hybridized carbons (Fsp3) is 0.464. The van der Waals surface area contributed by atoms with Gasteiger partial charge in [-0.15, -0.1) is 0 Å². The van der Waals surface area contributed by atoms with Crippen molar-refractivity contribution in [1.29, 1.82) is 0 Å². The van der Waals surface area contributed by atoms with Crippen molar-refractivity contribution in [3.8, 4) is 0 Å². The van der Waals surface area contributed by atoms with Crippen LogP contribution >= 0.6 is 7.92 Å². The zero-order chi connectivity index (χ0) is 21.9. The molecule has 1 aliphatic heterocycles. The highest BCUT2D eigenvalue weighted by Gasteiger charge is 2.65. The topological polar surface area (TPSA) is 21.6 Å². The Labute approximate surface area is 188 Å². The second-order valence-electron chi connectivity index (χ2n) is 11.0. The summed E-state index contributed by atoms with van der Waals surface area (Å²) in [5, 5.41) is 4.40. The van der Waals surface area contributed by atoms with Crippen molar-refractivity contribution in [2.75, 3.05) is 6.61 Å². The minimum Gasteiger partial charge on any atom is -0.478 e. The van der Waals surface area contributed by atoms with Gasteiger partial charge < -0.3 is 4.74 Å². The molecule has 2 bridgehead atoms. The largest absolute Gasteiger partial charge is 0.478 e. The van der Waals surface area contributed by atoms with Gasteiger partial charge in [0, 0.05) is 0 Å². The summed E-state index contributed by atoms with van der Waals surface area (Å²) in [7, 11) is -0.632. The maximum atomic E-state index is 6.50. The molecule has 0 unspecified atom stereocenters. The molecule has 162 valence electrons. The van der Waals surface area contributed by atoms with Crippen LogP contribution < -0.4 is 10.6 Å². The lowest BCUT2D eigenvalue weighted by molar-refractivity contribution is 0.175. The number of nitrogens with zero attached hydrogens (tertiary/aromatic N) is 1. The van der Waals surface area contributed by atoms with Crippen molar-refractivity contribution in [1.82, 2.24) is 0 Å². The Morgan fingerprint density at radius 2 is 1.52 bits per heavy atom. The van der Waals surface area contributed by atoms with Crippen LogP contribution in [0.2, 0.25) is 0 Å². The van der Waals surface area contributed by atoms with E-state index in [0.29, 0.717) is 12.5 Å². The number of fused-ring (bicyclic) bond motifs is 2. The van der Waals surface area contributed by atoms with E-state index in [1.165, 1.54) is 17.0 Å². The summed E-state index contributed by atoms with van der Waals surface area (Å²) in [6, 6.07) is 22.4. The molecule has 0 radical (unpaired) electrons. The number of benzene rings is 2. The zero-order valence-electron chi connectivity index (χ0n) is 19.4. The quantitative estimate of drug-likeness (QED) is 0.522. The molecule has 3 heteroatoms. The van der Waals surface area contributed by atoms with E-state index in [0.717, 1.165) is 12.3 Å². The summed E-state index contributed by atoms with van der Waals surface area (Å²) < 4.78 is 6.50. The molecule has 1 fully saturated rings. The molecule has 3 atom stereocenters. The van der Waals surface area contributed by atoms with E-state index in [2.05, 4.69) is 101 Å². The summed E-state index contributed by atoms with van der Waals surface area (Å²) in [6.07, 6.45) is 4.99. The molecule has 31 heavy (non-hydrogen) atoms. The minimum absolute atomic E-state index is 0.102. The first-order valence-corrected chi connectivity index (χ1v) is 12.9. The summed E-state index contributed by atoms with van der Waals surface area (Å²) in [4.78, 5) is 5.29. The molecule has 3 aliphatic rings.